The Balaban J connectivity index is 1.45. The van der Waals surface area contributed by atoms with Gasteiger partial charge in [-0.25, -0.2) is 12.8 Å². The minimum absolute atomic E-state index is 0.171. The SMILES string of the molecule is Cc1cccc(S(=O)(=O)N2CC[C@@]3(C[C@H]3C(=O)Nc3cccc(F)c3)C2)c1. The lowest BCUT2D eigenvalue weighted by Crippen LogP contribution is -2.30. The highest BCUT2D eigenvalue weighted by Gasteiger charge is 2.62. The van der Waals surface area contributed by atoms with Gasteiger partial charge in [0.1, 0.15) is 5.82 Å². The Kier molecular flexibility index (Phi) is 4.31. The van der Waals surface area contributed by atoms with E-state index in [9.17, 15) is 17.6 Å². The third-order valence-corrected chi connectivity index (χ3v) is 7.42. The summed E-state index contributed by atoms with van der Waals surface area (Å²) in [6.45, 7) is 2.63. The molecule has 1 heterocycles. The number of hydrogen-bond acceptors (Lipinski definition) is 3. The molecule has 2 aromatic rings. The Morgan fingerprint density at radius 2 is 2.00 bits per heavy atom. The van der Waals surface area contributed by atoms with Gasteiger partial charge in [0.05, 0.1) is 4.90 Å². The van der Waals surface area contributed by atoms with Crippen LogP contribution in [0.4, 0.5) is 10.1 Å². The first-order valence-electron chi connectivity index (χ1n) is 8.93. The lowest BCUT2D eigenvalue weighted by atomic mass is 10.0. The zero-order valence-electron chi connectivity index (χ0n) is 15.0. The molecule has 7 heteroatoms. The van der Waals surface area contributed by atoms with Crippen LogP contribution in [-0.4, -0.2) is 31.7 Å². The average Bonchev–Trinajstić information content (AvgIpc) is 3.14. The molecular weight excluding hydrogens is 367 g/mol. The zero-order chi connectivity index (χ0) is 19.2. The molecule has 1 aliphatic carbocycles. The van der Waals surface area contributed by atoms with Crippen molar-refractivity contribution in [3.8, 4) is 0 Å². The van der Waals surface area contributed by atoms with Crippen molar-refractivity contribution in [2.24, 2.45) is 11.3 Å². The fourth-order valence-corrected chi connectivity index (χ4v) is 5.59. The number of carbonyl (C=O) groups is 1. The third-order valence-electron chi connectivity index (χ3n) is 5.58. The number of rotatable bonds is 4. The Hall–Kier alpha value is -2.25. The van der Waals surface area contributed by atoms with E-state index in [2.05, 4.69) is 5.32 Å². The van der Waals surface area contributed by atoms with Crippen LogP contribution in [0.1, 0.15) is 18.4 Å². The van der Waals surface area contributed by atoms with Crippen molar-refractivity contribution in [2.75, 3.05) is 18.4 Å². The number of carbonyl (C=O) groups excluding carboxylic acids is 1. The molecule has 1 saturated heterocycles. The maximum absolute atomic E-state index is 13.3. The molecule has 4 rings (SSSR count). The van der Waals surface area contributed by atoms with Crippen LogP contribution in [0.5, 0.6) is 0 Å². The van der Waals surface area contributed by atoms with E-state index in [4.69, 9.17) is 0 Å². The van der Waals surface area contributed by atoms with Crippen molar-refractivity contribution < 1.29 is 17.6 Å². The second-order valence-corrected chi connectivity index (χ2v) is 9.46. The van der Waals surface area contributed by atoms with Gasteiger partial charge in [-0.2, -0.15) is 4.31 Å². The Morgan fingerprint density at radius 1 is 1.22 bits per heavy atom. The average molecular weight is 388 g/mol. The smallest absolute Gasteiger partial charge is 0.243 e. The van der Waals surface area contributed by atoms with Gasteiger partial charge in [-0.15, -0.1) is 0 Å². The van der Waals surface area contributed by atoms with Gasteiger partial charge < -0.3 is 5.32 Å². The number of hydrogen-bond donors (Lipinski definition) is 1. The summed E-state index contributed by atoms with van der Waals surface area (Å²) in [5.74, 6) is -0.816. The Morgan fingerprint density at radius 3 is 2.74 bits per heavy atom. The summed E-state index contributed by atoms with van der Waals surface area (Å²) in [6, 6.07) is 12.6. The summed E-state index contributed by atoms with van der Waals surface area (Å²) in [5.41, 5.74) is 1.02. The third kappa shape index (κ3) is 3.37. The first-order valence-corrected chi connectivity index (χ1v) is 10.4. The molecular formula is C20H21FN2O3S. The molecule has 5 nitrogen and oxygen atoms in total. The molecule has 2 fully saturated rings. The van der Waals surface area contributed by atoms with Crippen LogP contribution >= 0.6 is 0 Å². The topological polar surface area (TPSA) is 66.5 Å². The molecule has 0 aromatic heterocycles. The molecule has 1 aliphatic heterocycles. The number of benzene rings is 2. The summed E-state index contributed by atoms with van der Waals surface area (Å²) in [4.78, 5) is 12.8. The quantitative estimate of drug-likeness (QED) is 0.875. The molecule has 0 bridgehead atoms. The van der Waals surface area contributed by atoms with Crippen molar-refractivity contribution in [1.29, 1.82) is 0 Å². The van der Waals surface area contributed by atoms with Gasteiger partial charge >= 0.3 is 0 Å². The van der Waals surface area contributed by atoms with Crippen LogP contribution in [-0.2, 0) is 14.8 Å². The highest BCUT2D eigenvalue weighted by molar-refractivity contribution is 7.89. The molecule has 0 radical (unpaired) electrons. The fourth-order valence-electron chi connectivity index (χ4n) is 3.95. The van der Waals surface area contributed by atoms with E-state index in [1.165, 1.54) is 16.4 Å². The summed E-state index contributed by atoms with van der Waals surface area (Å²) < 4.78 is 40.5. The van der Waals surface area contributed by atoms with Crippen molar-refractivity contribution in [1.82, 2.24) is 4.31 Å². The maximum atomic E-state index is 13.3. The van der Waals surface area contributed by atoms with Crippen LogP contribution in [0.3, 0.4) is 0 Å². The number of sulfonamides is 1. The van der Waals surface area contributed by atoms with Crippen LogP contribution in [0, 0.1) is 24.1 Å². The maximum Gasteiger partial charge on any atom is 0.243 e. The summed E-state index contributed by atoms with van der Waals surface area (Å²) in [5, 5.41) is 2.74. The van der Waals surface area contributed by atoms with E-state index in [1.807, 2.05) is 13.0 Å². The second kappa shape index (κ2) is 6.42. The number of aryl methyl sites for hydroxylation is 1. The zero-order valence-corrected chi connectivity index (χ0v) is 15.8. The van der Waals surface area contributed by atoms with Crippen molar-refractivity contribution in [3.05, 3.63) is 59.9 Å². The fraction of sp³-hybridized carbons (Fsp3) is 0.350. The standard InChI is InChI=1S/C20H21FN2O3S/c1-14-4-2-7-17(10-14)27(25,26)23-9-8-20(13-23)12-18(20)19(24)22-16-6-3-5-15(21)11-16/h2-7,10-11,18H,8-9,12-13H2,1H3,(H,22,24)/t18-,20+/m0/s1. The molecule has 1 N–H and O–H groups in total. The largest absolute Gasteiger partial charge is 0.326 e. The van der Waals surface area contributed by atoms with Crippen LogP contribution < -0.4 is 5.32 Å². The summed E-state index contributed by atoms with van der Waals surface area (Å²) in [7, 11) is -3.55. The first-order chi connectivity index (χ1) is 12.8. The highest BCUT2D eigenvalue weighted by Crippen LogP contribution is 2.59. The first kappa shape index (κ1) is 18.1. The molecule has 1 spiro atoms. The van der Waals surface area contributed by atoms with Gasteiger partial charge in [-0.05, 0) is 61.1 Å². The van der Waals surface area contributed by atoms with E-state index in [0.717, 1.165) is 5.56 Å². The number of nitrogens with zero attached hydrogens (tertiary/aromatic N) is 1. The van der Waals surface area contributed by atoms with Gasteiger partial charge in [0.2, 0.25) is 15.9 Å². The minimum Gasteiger partial charge on any atom is -0.326 e. The number of anilines is 1. The van der Waals surface area contributed by atoms with E-state index in [-0.39, 0.29) is 17.2 Å². The predicted molar refractivity (Wildman–Crippen MR) is 100 cm³/mol. The second-order valence-electron chi connectivity index (χ2n) is 7.52. The molecule has 27 heavy (non-hydrogen) atoms. The number of amides is 1. The molecule has 1 amide bonds. The van der Waals surface area contributed by atoms with Gasteiger partial charge in [-0.3, -0.25) is 4.79 Å². The van der Waals surface area contributed by atoms with E-state index in [0.29, 0.717) is 36.5 Å². The molecule has 1 saturated carbocycles. The van der Waals surface area contributed by atoms with Crippen LogP contribution in [0.25, 0.3) is 0 Å². The Labute approximate surface area is 158 Å². The lowest BCUT2D eigenvalue weighted by molar-refractivity contribution is -0.118. The summed E-state index contributed by atoms with van der Waals surface area (Å²) in [6.07, 6.45) is 1.33. The molecule has 2 atom stereocenters. The summed E-state index contributed by atoms with van der Waals surface area (Å²) >= 11 is 0. The van der Waals surface area contributed by atoms with Gasteiger partial charge in [0.25, 0.3) is 0 Å². The monoisotopic (exact) mass is 388 g/mol. The highest BCUT2D eigenvalue weighted by atomic mass is 32.2. The van der Waals surface area contributed by atoms with Gasteiger partial charge in [-0.1, -0.05) is 18.2 Å². The van der Waals surface area contributed by atoms with Crippen molar-refractivity contribution in [3.63, 3.8) is 0 Å². The van der Waals surface area contributed by atoms with Gasteiger partial charge in [0, 0.05) is 24.7 Å². The van der Waals surface area contributed by atoms with Gasteiger partial charge in [0.15, 0.2) is 0 Å². The molecule has 2 aliphatic rings. The van der Waals surface area contributed by atoms with Crippen LogP contribution in [0.2, 0.25) is 0 Å². The van der Waals surface area contributed by atoms with Crippen LogP contribution in [0.15, 0.2) is 53.4 Å². The predicted octanol–water partition coefficient (Wildman–Crippen LogP) is 3.17. The lowest BCUT2D eigenvalue weighted by Gasteiger charge is -2.17. The van der Waals surface area contributed by atoms with Crippen molar-refractivity contribution >= 4 is 21.6 Å². The van der Waals surface area contributed by atoms with Crippen molar-refractivity contribution in [2.45, 2.75) is 24.7 Å². The number of halogens is 1. The minimum atomic E-state index is -3.55. The molecule has 2 aromatic carbocycles. The van der Waals surface area contributed by atoms with E-state index < -0.39 is 15.8 Å². The van der Waals surface area contributed by atoms with E-state index in [1.54, 1.807) is 30.3 Å². The Bertz CT molecular complexity index is 1010. The molecule has 142 valence electrons. The number of nitrogens with one attached hydrogen (secondary N) is 1. The normalized spacial score (nSPS) is 24.9. The van der Waals surface area contributed by atoms with E-state index >= 15 is 0 Å². The molecule has 0 unspecified atom stereocenters.